The van der Waals surface area contributed by atoms with Crippen molar-refractivity contribution < 1.29 is 9.90 Å². The molecule has 18 heavy (non-hydrogen) atoms. The van der Waals surface area contributed by atoms with Gasteiger partial charge in [-0.1, -0.05) is 18.2 Å². The SMILES string of the molecule is Cc1[nH]c2ccccc2c1/C(=C/C(=O)O)C1CC1. The van der Waals surface area contributed by atoms with E-state index in [1.165, 1.54) is 6.08 Å². The molecule has 1 aromatic heterocycles. The average Bonchev–Trinajstić information content (AvgIpc) is 3.09. The van der Waals surface area contributed by atoms with Gasteiger partial charge in [0.25, 0.3) is 0 Å². The number of benzene rings is 1. The van der Waals surface area contributed by atoms with Crippen molar-refractivity contribution in [1.82, 2.24) is 4.98 Å². The van der Waals surface area contributed by atoms with Gasteiger partial charge in [0.2, 0.25) is 0 Å². The molecular weight excluding hydrogens is 226 g/mol. The molecule has 3 rings (SSSR count). The van der Waals surface area contributed by atoms with Gasteiger partial charge in [-0.3, -0.25) is 0 Å². The van der Waals surface area contributed by atoms with Gasteiger partial charge in [-0.15, -0.1) is 0 Å². The van der Waals surface area contributed by atoms with Gasteiger partial charge in [0, 0.05) is 28.2 Å². The summed E-state index contributed by atoms with van der Waals surface area (Å²) in [5.41, 5.74) is 4.17. The fourth-order valence-corrected chi connectivity index (χ4v) is 2.57. The van der Waals surface area contributed by atoms with Crippen LogP contribution in [0.1, 0.15) is 24.1 Å². The summed E-state index contributed by atoms with van der Waals surface area (Å²) in [6.45, 7) is 2.01. The molecule has 2 N–H and O–H groups in total. The molecule has 0 bridgehead atoms. The van der Waals surface area contributed by atoms with Crippen LogP contribution >= 0.6 is 0 Å². The van der Waals surface area contributed by atoms with E-state index in [-0.39, 0.29) is 0 Å². The number of aryl methyl sites for hydroxylation is 1. The Kier molecular flexibility index (Phi) is 2.47. The van der Waals surface area contributed by atoms with Crippen molar-refractivity contribution in [3.63, 3.8) is 0 Å². The number of fused-ring (bicyclic) bond motifs is 1. The number of aromatic amines is 1. The molecule has 0 unspecified atom stereocenters. The molecule has 1 saturated carbocycles. The third-order valence-electron chi connectivity index (χ3n) is 3.48. The summed E-state index contributed by atoms with van der Waals surface area (Å²) in [6, 6.07) is 8.05. The molecule has 1 heterocycles. The molecule has 3 nitrogen and oxygen atoms in total. The average molecular weight is 241 g/mol. The lowest BCUT2D eigenvalue weighted by atomic mass is 9.98. The molecule has 0 amide bonds. The first-order chi connectivity index (χ1) is 8.66. The second-order valence-electron chi connectivity index (χ2n) is 4.88. The Labute approximate surface area is 105 Å². The minimum absolute atomic E-state index is 0.416. The number of H-pyrrole nitrogens is 1. The predicted molar refractivity (Wildman–Crippen MR) is 71.4 cm³/mol. The van der Waals surface area contributed by atoms with Crippen molar-refractivity contribution in [2.24, 2.45) is 5.92 Å². The van der Waals surface area contributed by atoms with Gasteiger partial charge in [-0.2, -0.15) is 0 Å². The van der Waals surface area contributed by atoms with Gasteiger partial charge in [0.05, 0.1) is 0 Å². The van der Waals surface area contributed by atoms with Gasteiger partial charge in [-0.25, -0.2) is 4.79 Å². The molecule has 0 saturated heterocycles. The van der Waals surface area contributed by atoms with Crippen LogP contribution in [0.15, 0.2) is 30.3 Å². The van der Waals surface area contributed by atoms with Crippen LogP contribution < -0.4 is 0 Å². The Hall–Kier alpha value is -2.03. The van der Waals surface area contributed by atoms with Gasteiger partial charge < -0.3 is 10.1 Å². The molecule has 3 heteroatoms. The summed E-state index contributed by atoms with van der Waals surface area (Å²) in [6.07, 6.45) is 3.57. The highest BCUT2D eigenvalue weighted by Crippen LogP contribution is 2.44. The lowest BCUT2D eigenvalue weighted by molar-refractivity contribution is -0.131. The number of hydrogen-bond acceptors (Lipinski definition) is 1. The van der Waals surface area contributed by atoms with Crippen LogP contribution in [-0.4, -0.2) is 16.1 Å². The third kappa shape index (κ3) is 1.82. The first-order valence-electron chi connectivity index (χ1n) is 6.19. The van der Waals surface area contributed by atoms with E-state index in [1.54, 1.807) is 0 Å². The van der Waals surface area contributed by atoms with E-state index in [1.807, 2.05) is 31.2 Å². The van der Waals surface area contributed by atoms with Crippen molar-refractivity contribution in [1.29, 1.82) is 0 Å². The minimum Gasteiger partial charge on any atom is -0.478 e. The lowest BCUT2D eigenvalue weighted by Crippen LogP contribution is -1.95. The summed E-state index contributed by atoms with van der Waals surface area (Å²) < 4.78 is 0. The molecule has 0 radical (unpaired) electrons. The van der Waals surface area contributed by atoms with Crippen LogP contribution in [0.2, 0.25) is 0 Å². The molecule has 1 aliphatic carbocycles. The molecular formula is C15H15NO2. The fraction of sp³-hybridized carbons (Fsp3) is 0.267. The number of carbonyl (C=O) groups is 1. The molecule has 0 aliphatic heterocycles. The monoisotopic (exact) mass is 241 g/mol. The van der Waals surface area contributed by atoms with Crippen molar-refractivity contribution in [3.8, 4) is 0 Å². The maximum Gasteiger partial charge on any atom is 0.328 e. The number of carboxylic acids is 1. The summed E-state index contributed by atoms with van der Waals surface area (Å²) in [5.74, 6) is -0.444. The van der Waals surface area contributed by atoms with Crippen LogP contribution in [0, 0.1) is 12.8 Å². The number of rotatable bonds is 3. The second kappa shape index (κ2) is 4.02. The van der Waals surface area contributed by atoms with Crippen LogP contribution in [0.25, 0.3) is 16.5 Å². The number of nitrogens with one attached hydrogen (secondary N) is 1. The Bertz CT molecular complexity index is 648. The quantitative estimate of drug-likeness (QED) is 0.809. The number of allylic oxidation sites excluding steroid dienone is 1. The minimum atomic E-state index is -0.860. The Balaban J connectivity index is 2.23. The molecule has 0 atom stereocenters. The largest absolute Gasteiger partial charge is 0.478 e. The summed E-state index contributed by atoms with van der Waals surface area (Å²) in [4.78, 5) is 14.3. The van der Waals surface area contributed by atoms with Crippen LogP contribution in [0.4, 0.5) is 0 Å². The van der Waals surface area contributed by atoms with Gasteiger partial charge in [-0.05, 0) is 37.3 Å². The number of aromatic nitrogens is 1. The summed E-state index contributed by atoms with van der Waals surface area (Å²) in [7, 11) is 0. The predicted octanol–water partition coefficient (Wildman–Crippen LogP) is 3.35. The molecule has 0 spiro atoms. The molecule has 1 fully saturated rings. The molecule has 2 aromatic rings. The highest BCUT2D eigenvalue weighted by molar-refractivity contribution is 6.00. The second-order valence-corrected chi connectivity index (χ2v) is 4.88. The standard InChI is InChI=1S/C15H15NO2/c1-9-15(11-4-2-3-5-13(11)16-9)12(8-14(17)18)10-6-7-10/h2-5,8,10,16H,6-7H2,1H3,(H,17,18)/b12-8+. The van der Waals surface area contributed by atoms with E-state index in [0.29, 0.717) is 5.92 Å². The van der Waals surface area contributed by atoms with Crippen LogP contribution in [0.5, 0.6) is 0 Å². The topological polar surface area (TPSA) is 53.1 Å². The van der Waals surface area contributed by atoms with Gasteiger partial charge in [0.15, 0.2) is 0 Å². The lowest BCUT2D eigenvalue weighted by Gasteiger charge is -2.05. The van der Waals surface area contributed by atoms with Crippen molar-refractivity contribution in [2.45, 2.75) is 19.8 Å². The molecule has 1 aromatic carbocycles. The number of hydrogen-bond donors (Lipinski definition) is 2. The van der Waals surface area contributed by atoms with Crippen molar-refractivity contribution in [2.75, 3.05) is 0 Å². The maximum atomic E-state index is 11.0. The smallest absolute Gasteiger partial charge is 0.328 e. The first-order valence-corrected chi connectivity index (χ1v) is 6.19. The van der Waals surface area contributed by atoms with Crippen LogP contribution in [0.3, 0.4) is 0 Å². The molecule has 92 valence electrons. The first kappa shape index (κ1) is 11.1. The number of para-hydroxylation sites is 1. The Morgan fingerprint density at radius 1 is 1.39 bits per heavy atom. The number of carboxylic acid groups (broad SMARTS) is 1. The van der Waals surface area contributed by atoms with E-state index in [2.05, 4.69) is 4.98 Å². The number of aliphatic carboxylic acids is 1. The molecule has 1 aliphatic rings. The Morgan fingerprint density at radius 2 is 2.11 bits per heavy atom. The maximum absolute atomic E-state index is 11.0. The van der Waals surface area contributed by atoms with E-state index >= 15 is 0 Å². The highest BCUT2D eigenvalue weighted by Gasteiger charge is 2.30. The zero-order chi connectivity index (χ0) is 12.7. The van der Waals surface area contributed by atoms with Gasteiger partial charge in [0.1, 0.15) is 0 Å². The van der Waals surface area contributed by atoms with Crippen LogP contribution in [-0.2, 0) is 4.79 Å². The zero-order valence-electron chi connectivity index (χ0n) is 10.2. The highest BCUT2D eigenvalue weighted by atomic mass is 16.4. The van der Waals surface area contributed by atoms with E-state index in [0.717, 1.165) is 40.6 Å². The summed E-state index contributed by atoms with van der Waals surface area (Å²) in [5, 5.41) is 10.2. The Morgan fingerprint density at radius 3 is 2.78 bits per heavy atom. The zero-order valence-corrected chi connectivity index (χ0v) is 10.2. The van der Waals surface area contributed by atoms with Crippen molar-refractivity contribution >= 4 is 22.4 Å². The normalized spacial score (nSPS) is 16.2. The van der Waals surface area contributed by atoms with E-state index < -0.39 is 5.97 Å². The van der Waals surface area contributed by atoms with E-state index in [4.69, 9.17) is 5.11 Å². The fourth-order valence-electron chi connectivity index (χ4n) is 2.57. The van der Waals surface area contributed by atoms with E-state index in [9.17, 15) is 4.79 Å². The third-order valence-corrected chi connectivity index (χ3v) is 3.48. The van der Waals surface area contributed by atoms with Gasteiger partial charge >= 0.3 is 5.97 Å². The summed E-state index contributed by atoms with van der Waals surface area (Å²) >= 11 is 0. The van der Waals surface area contributed by atoms with Crippen molar-refractivity contribution in [3.05, 3.63) is 41.6 Å².